The van der Waals surface area contributed by atoms with Gasteiger partial charge in [-0.2, -0.15) is 0 Å². The van der Waals surface area contributed by atoms with E-state index < -0.39 is 11.7 Å². The molecule has 7 heteroatoms. The Kier molecular flexibility index (Phi) is 13.9. The van der Waals surface area contributed by atoms with Crippen molar-refractivity contribution in [3.63, 3.8) is 0 Å². The van der Waals surface area contributed by atoms with Gasteiger partial charge in [0.25, 0.3) is 0 Å². The molecular formula is C30H32F4O3. The third-order valence-electron chi connectivity index (χ3n) is 4.75. The second kappa shape index (κ2) is 16.6. The second-order valence-corrected chi connectivity index (χ2v) is 7.45. The van der Waals surface area contributed by atoms with Gasteiger partial charge < -0.3 is 14.2 Å². The number of allylic oxidation sites excluding steroid dienone is 3. The van der Waals surface area contributed by atoms with E-state index in [1.54, 1.807) is 69.7 Å². The molecular weight excluding hydrogens is 484 g/mol. The average molecular weight is 517 g/mol. The molecule has 37 heavy (non-hydrogen) atoms. The molecule has 0 heterocycles. The molecule has 3 rings (SSSR count). The molecule has 0 aliphatic carbocycles. The first-order chi connectivity index (χ1) is 17.6. The summed E-state index contributed by atoms with van der Waals surface area (Å²) in [4.78, 5) is 0. The number of hydrogen-bond donors (Lipinski definition) is 0. The molecule has 3 nitrogen and oxygen atoms in total. The molecule has 0 atom stereocenters. The van der Waals surface area contributed by atoms with Crippen LogP contribution in [-0.2, 0) is 0 Å². The van der Waals surface area contributed by atoms with E-state index >= 15 is 0 Å². The maximum absolute atomic E-state index is 13.0. The van der Waals surface area contributed by atoms with Gasteiger partial charge in [-0.1, -0.05) is 18.2 Å². The van der Waals surface area contributed by atoms with E-state index in [1.165, 1.54) is 38.3 Å². The van der Waals surface area contributed by atoms with Gasteiger partial charge >= 0.3 is 0 Å². The van der Waals surface area contributed by atoms with Crippen LogP contribution in [0.5, 0.6) is 17.2 Å². The number of ether oxygens (including phenoxy) is 3. The molecule has 0 bridgehead atoms. The lowest BCUT2D eigenvalue weighted by Gasteiger charge is -2.01. The first-order valence-electron chi connectivity index (χ1n) is 11.3. The highest BCUT2D eigenvalue weighted by Crippen LogP contribution is 2.23. The van der Waals surface area contributed by atoms with E-state index in [0.29, 0.717) is 11.3 Å². The van der Waals surface area contributed by atoms with Crippen molar-refractivity contribution in [2.45, 2.75) is 20.8 Å². The molecule has 0 aromatic heterocycles. The van der Waals surface area contributed by atoms with Gasteiger partial charge in [0.15, 0.2) is 5.83 Å². The van der Waals surface area contributed by atoms with E-state index in [2.05, 4.69) is 0 Å². The zero-order valence-electron chi connectivity index (χ0n) is 21.8. The summed E-state index contributed by atoms with van der Waals surface area (Å²) in [6.07, 6.45) is 2.90. The minimum atomic E-state index is -0.831. The highest BCUT2D eigenvalue weighted by atomic mass is 19.2. The number of benzene rings is 3. The van der Waals surface area contributed by atoms with Gasteiger partial charge in [0.05, 0.1) is 27.2 Å². The molecule has 0 aliphatic heterocycles. The van der Waals surface area contributed by atoms with Gasteiger partial charge in [-0.15, -0.1) is 0 Å². The lowest BCUT2D eigenvalue weighted by molar-refractivity contribution is 0.414. The van der Waals surface area contributed by atoms with Crippen LogP contribution in [0.3, 0.4) is 0 Å². The zero-order chi connectivity index (χ0) is 27.8. The summed E-state index contributed by atoms with van der Waals surface area (Å²) in [7, 11) is 4.70. The van der Waals surface area contributed by atoms with Crippen LogP contribution in [0, 0.1) is 0 Å². The molecule has 198 valence electrons. The molecule has 0 N–H and O–H groups in total. The Bertz CT molecular complexity index is 1160. The minimum Gasteiger partial charge on any atom is -0.497 e. The highest BCUT2D eigenvalue weighted by Gasteiger charge is 2.04. The molecule has 3 aromatic carbocycles. The van der Waals surface area contributed by atoms with Crippen LogP contribution >= 0.6 is 0 Å². The van der Waals surface area contributed by atoms with Crippen LogP contribution in [0.2, 0.25) is 0 Å². The Balaban J connectivity index is 0.000000278. The van der Waals surface area contributed by atoms with Crippen LogP contribution in [0.15, 0.2) is 90.5 Å². The van der Waals surface area contributed by atoms with Crippen molar-refractivity contribution in [1.82, 2.24) is 0 Å². The summed E-state index contributed by atoms with van der Waals surface area (Å²) in [6, 6.07) is 20.2. The molecule has 0 amide bonds. The van der Waals surface area contributed by atoms with Gasteiger partial charge in [0, 0.05) is 11.1 Å². The van der Waals surface area contributed by atoms with Gasteiger partial charge in [0.2, 0.25) is 0 Å². The summed E-state index contributed by atoms with van der Waals surface area (Å²) in [5.41, 5.74) is 1.65. The summed E-state index contributed by atoms with van der Waals surface area (Å²) in [6.45, 7) is 4.17. The van der Waals surface area contributed by atoms with Gasteiger partial charge in [0.1, 0.15) is 28.9 Å². The van der Waals surface area contributed by atoms with Crippen LogP contribution < -0.4 is 14.2 Å². The lowest BCUT2D eigenvalue weighted by Crippen LogP contribution is -1.84. The number of rotatable bonds is 6. The van der Waals surface area contributed by atoms with E-state index in [9.17, 15) is 17.6 Å². The Morgan fingerprint density at radius 1 is 0.595 bits per heavy atom. The van der Waals surface area contributed by atoms with Crippen molar-refractivity contribution >= 4 is 17.7 Å². The molecule has 0 radical (unpaired) electrons. The van der Waals surface area contributed by atoms with E-state index in [-0.39, 0.29) is 17.2 Å². The topological polar surface area (TPSA) is 27.7 Å². The van der Waals surface area contributed by atoms with E-state index in [4.69, 9.17) is 14.2 Å². The largest absolute Gasteiger partial charge is 0.497 e. The van der Waals surface area contributed by atoms with Gasteiger partial charge in [-0.05, 0) is 93.1 Å². The summed E-state index contributed by atoms with van der Waals surface area (Å²) in [5.74, 6) is 0.0880. The quantitative estimate of drug-likeness (QED) is 0.306. The molecule has 0 aliphatic rings. The maximum Gasteiger partial charge on any atom is 0.161 e. The number of halogens is 4. The summed E-state index contributed by atoms with van der Waals surface area (Å²) in [5, 5.41) is 0. The Morgan fingerprint density at radius 3 is 1.30 bits per heavy atom. The highest BCUT2D eigenvalue weighted by molar-refractivity contribution is 5.61. The zero-order valence-corrected chi connectivity index (χ0v) is 21.8. The molecule has 0 saturated heterocycles. The van der Waals surface area contributed by atoms with Crippen molar-refractivity contribution in [1.29, 1.82) is 0 Å². The van der Waals surface area contributed by atoms with Gasteiger partial charge in [-0.3, -0.25) is 0 Å². The van der Waals surface area contributed by atoms with Crippen LogP contribution in [0.4, 0.5) is 17.6 Å². The molecule has 0 spiro atoms. The molecule has 3 aromatic rings. The predicted octanol–water partition coefficient (Wildman–Crippen LogP) is 9.37. The fraction of sp³-hybridized carbons (Fsp3) is 0.200. The van der Waals surface area contributed by atoms with Crippen molar-refractivity contribution in [3.8, 4) is 17.2 Å². The van der Waals surface area contributed by atoms with Gasteiger partial charge in [-0.25, -0.2) is 17.6 Å². The fourth-order valence-electron chi connectivity index (χ4n) is 2.78. The molecule has 0 fully saturated rings. The van der Waals surface area contributed by atoms with E-state index in [0.717, 1.165) is 24.0 Å². The second-order valence-electron chi connectivity index (χ2n) is 7.45. The van der Waals surface area contributed by atoms with Crippen molar-refractivity contribution in [2.75, 3.05) is 21.3 Å². The number of hydrogen-bond acceptors (Lipinski definition) is 3. The normalized spacial score (nSPS) is 11.7. The Morgan fingerprint density at radius 2 is 0.973 bits per heavy atom. The van der Waals surface area contributed by atoms with Crippen molar-refractivity contribution in [3.05, 3.63) is 107 Å². The minimum absolute atomic E-state index is 0.194. The maximum atomic E-state index is 13.0. The number of methoxy groups -OCH3 is 3. The van der Waals surface area contributed by atoms with Crippen LogP contribution in [0.1, 0.15) is 37.5 Å². The third-order valence-corrected chi connectivity index (χ3v) is 4.75. The fourth-order valence-corrected chi connectivity index (χ4v) is 2.78. The smallest absolute Gasteiger partial charge is 0.161 e. The SMILES string of the molecule is C/C=C(\F)c1ccc(OC)cc1.COc1ccc(/C(F)=C(/C)F)cc1.COc1ccc(/C=C(/C)F)cc1. The average Bonchev–Trinajstić information content (AvgIpc) is 2.93. The molecule has 0 unspecified atom stereocenters. The monoisotopic (exact) mass is 516 g/mol. The lowest BCUT2D eigenvalue weighted by atomic mass is 10.2. The third kappa shape index (κ3) is 11.5. The van der Waals surface area contributed by atoms with E-state index in [1.807, 2.05) is 12.1 Å². The molecule has 0 saturated carbocycles. The Labute approximate surface area is 216 Å². The summed E-state index contributed by atoms with van der Waals surface area (Å²) >= 11 is 0. The van der Waals surface area contributed by atoms with Crippen LogP contribution in [-0.4, -0.2) is 21.3 Å². The summed E-state index contributed by atoms with van der Waals surface area (Å²) < 4.78 is 65.5. The van der Waals surface area contributed by atoms with Crippen LogP contribution in [0.25, 0.3) is 17.7 Å². The van der Waals surface area contributed by atoms with Crippen molar-refractivity contribution in [2.24, 2.45) is 0 Å². The predicted molar refractivity (Wildman–Crippen MR) is 143 cm³/mol. The van der Waals surface area contributed by atoms with Crippen molar-refractivity contribution < 1.29 is 31.8 Å². The standard InChI is InChI=1S/C10H10F2O.2C10H11FO/c1-7(11)10(12)8-3-5-9(13-2)6-4-8;1-8(11)7-9-3-5-10(12-2)6-4-9;1-3-10(11)8-4-6-9(12-2)7-5-8/h3-6H,1-2H3;2*3-7H,1-2H3/b10-7+;8-7-;10-3-. The Hall–Kier alpha value is -4.00. The first kappa shape index (κ1) is 31.0. The first-order valence-corrected chi connectivity index (χ1v) is 11.3.